The molecule has 0 saturated carbocycles. The van der Waals surface area contributed by atoms with E-state index in [0.29, 0.717) is 69.4 Å². The summed E-state index contributed by atoms with van der Waals surface area (Å²) in [6.45, 7) is 3.82. The van der Waals surface area contributed by atoms with Crippen LogP contribution in [-0.2, 0) is 16.0 Å². The molecule has 9 nitrogen and oxygen atoms in total. The molecule has 2 fully saturated rings. The highest BCUT2D eigenvalue weighted by atomic mass is 19.1. The van der Waals surface area contributed by atoms with Gasteiger partial charge in [0, 0.05) is 62.1 Å². The molecular formula is C32H34F2N6O3. The van der Waals surface area contributed by atoms with Gasteiger partial charge in [0.25, 0.3) is 0 Å². The fourth-order valence-corrected chi connectivity index (χ4v) is 5.48. The van der Waals surface area contributed by atoms with Crippen LogP contribution in [0.4, 0.5) is 14.6 Å². The van der Waals surface area contributed by atoms with Crippen molar-refractivity contribution in [1.82, 2.24) is 24.8 Å². The maximum atomic E-state index is 13.6. The number of ether oxygens (including phenoxy) is 2. The number of nitrogens with zero attached hydrogens (tertiary/aromatic N) is 5. The summed E-state index contributed by atoms with van der Waals surface area (Å²) in [5, 5.41) is 0. The summed E-state index contributed by atoms with van der Waals surface area (Å²) in [4.78, 5) is 33.9. The Labute approximate surface area is 248 Å². The zero-order valence-electron chi connectivity index (χ0n) is 23.8. The van der Waals surface area contributed by atoms with Gasteiger partial charge in [0.2, 0.25) is 11.8 Å². The molecule has 0 spiro atoms. The van der Waals surface area contributed by atoms with E-state index < -0.39 is 0 Å². The smallest absolute Gasteiger partial charge is 0.222 e. The van der Waals surface area contributed by atoms with Gasteiger partial charge in [-0.05, 0) is 74.2 Å². The number of carbonyl (C=O) groups excluding carboxylic acids is 1. The lowest BCUT2D eigenvalue weighted by Crippen LogP contribution is -2.49. The Morgan fingerprint density at radius 1 is 0.977 bits per heavy atom. The zero-order valence-corrected chi connectivity index (χ0v) is 23.8. The first-order valence-corrected chi connectivity index (χ1v) is 14.7. The standard InChI is InChI=1S/C32H34F2N6O3/c33-24-10-6-22(7-11-24)31-27(37-32(38-31)23-8-12-25(34)13-9-23)4-1-5-30(41)40-16-14-39(15-17-40)28-19-29(36-21-35-28)43-20-26-3-2-18-42-26/h6-13,19,21,26H,1-5,14-18,20H2,(H,37,38). The minimum Gasteiger partial charge on any atom is -0.475 e. The molecule has 43 heavy (non-hydrogen) atoms. The number of benzene rings is 2. The summed E-state index contributed by atoms with van der Waals surface area (Å²) in [7, 11) is 0. The molecule has 2 aromatic carbocycles. The lowest BCUT2D eigenvalue weighted by atomic mass is 10.1. The largest absolute Gasteiger partial charge is 0.475 e. The Balaban J connectivity index is 1.03. The van der Waals surface area contributed by atoms with Gasteiger partial charge >= 0.3 is 0 Å². The summed E-state index contributed by atoms with van der Waals surface area (Å²) in [6, 6.07) is 14.1. The molecule has 0 radical (unpaired) electrons. The first-order chi connectivity index (χ1) is 21.0. The van der Waals surface area contributed by atoms with Crippen molar-refractivity contribution in [3.05, 3.63) is 78.3 Å². The van der Waals surface area contributed by atoms with Crippen LogP contribution in [0, 0.1) is 11.6 Å². The van der Waals surface area contributed by atoms with E-state index in [2.05, 4.69) is 19.9 Å². The number of anilines is 1. The van der Waals surface area contributed by atoms with Crippen LogP contribution in [0.25, 0.3) is 22.6 Å². The van der Waals surface area contributed by atoms with Crippen molar-refractivity contribution < 1.29 is 23.0 Å². The second kappa shape index (κ2) is 13.3. The van der Waals surface area contributed by atoms with E-state index in [-0.39, 0.29) is 23.6 Å². The lowest BCUT2D eigenvalue weighted by molar-refractivity contribution is -0.131. The van der Waals surface area contributed by atoms with E-state index in [4.69, 9.17) is 14.5 Å². The molecule has 11 heteroatoms. The van der Waals surface area contributed by atoms with Gasteiger partial charge in [-0.15, -0.1) is 0 Å². The van der Waals surface area contributed by atoms with Crippen LogP contribution in [0.15, 0.2) is 60.9 Å². The second-order valence-corrected chi connectivity index (χ2v) is 10.8. The van der Waals surface area contributed by atoms with Gasteiger partial charge in [0.15, 0.2) is 0 Å². The third-order valence-electron chi connectivity index (χ3n) is 7.86. The monoisotopic (exact) mass is 588 g/mol. The minimum atomic E-state index is -0.326. The Morgan fingerprint density at radius 3 is 2.40 bits per heavy atom. The van der Waals surface area contributed by atoms with Gasteiger partial charge < -0.3 is 24.3 Å². The van der Waals surface area contributed by atoms with Crippen LogP contribution in [0.3, 0.4) is 0 Å². The highest BCUT2D eigenvalue weighted by Gasteiger charge is 2.23. The average Bonchev–Trinajstić information content (AvgIpc) is 3.72. The first-order valence-electron chi connectivity index (χ1n) is 14.7. The van der Waals surface area contributed by atoms with Crippen molar-refractivity contribution in [2.75, 3.05) is 44.3 Å². The van der Waals surface area contributed by atoms with Crippen molar-refractivity contribution in [2.24, 2.45) is 0 Å². The highest BCUT2D eigenvalue weighted by molar-refractivity contribution is 5.76. The van der Waals surface area contributed by atoms with Crippen molar-refractivity contribution in [3.8, 4) is 28.5 Å². The molecule has 4 aromatic rings. The van der Waals surface area contributed by atoms with Crippen LogP contribution in [0.5, 0.6) is 5.88 Å². The van der Waals surface area contributed by atoms with Gasteiger partial charge in [-0.1, -0.05) is 0 Å². The first kappa shape index (κ1) is 28.7. The Hall–Kier alpha value is -4.38. The van der Waals surface area contributed by atoms with Crippen LogP contribution >= 0.6 is 0 Å². The molecule has 1 unspecified atom stereocenters. The lowest BCUT2D eigenvalue weighted by Gasteiger charge is -2.35. The maximum Gasteiger partial charge on any atom is 0.222 e. The SMILES string of the molecule is O=C(CCCc1[nH]c(-c2ccc(F)cc2)nc1-c1ccc(F)cc1)N1CCN(c2cc(OCC3CCCO3)ncn2)CC1. The summed E-state index contributed by atoms with van der Waals surface area (Å²) < 4.78 is 38.5. The van der Waals surface area contributed by atoms with Gasteiger partial charge in [0.05, 0.1) is 11.8 Å². The molecule has 2 saturated heterocycles. The fourth-order valence-electron chi connectivity index (χ4n) is 5.48. The van der Waals surface area contributed by atoms with E-state index in [0.717, 1.165) is 42.1 Å². The zero-order chi connectivity index (χ0) is 29.6. The number of nitrogens with one attached hydrogen (secondary N) is 1. The number of aromatic nitrogens is 4. The van der Waals surface area contributed by atoms with Crippen LogP contribution in [-0.4, -0.2) is 76.2 Å². The van der Waals surface area contributed by atoms with E-state index in [9.17, 15) is 13.6 Å². The maximum absolute atomic E-state index is 13.6. The number of aromatic amines is 1. The summed E-state index contributed by atoms with van der Waals surface area (Å²) >= 11 is 0. The number of rotatable bonds is 10. The number of carbonyl (C=O) groups is 1. The number of amides is 1. The molecule has 1 amide bonds. The van der Waals surface area contributed by atoms with Crippen LogP contribution < -0.4 is 9.64 Å². The van der Waals surface area contributed by atoms with Crippen molar-refractivity contribution >= 4 is 11.7 Å². The molecule has 2 aliphatic rings. The third kappa shape index (κ3) is 7.16. The molecule has 1 N–H and O–H groups in total. The van der Waals surface area contributed by atoms with Gasteiger partial charge in [-0.2, -0.15) is 0 Å². The topological polar surface area (TPSA) is 96.5 Å². The van der Waals surface area contributed by atoms with Gasteiger partial charge in [-0.25, -0.2) is 23.7 Å². The van der Waals surface area contributed by atoms with Crippen LogP contribution in [0.2, 0.25) is 0 Å². The number of halogens is 2. The van der Waals surface area contributed by atoms with Crippen molar-refractivity contribution in [3.63, 3.8) is 0 Å². The van der Waals surface area contributed by atoms with Crippen molar-refractivity contribution in [2.45, 2.75) is 38.2 Å². The molecule has 6 rings (SSSR count). The number of H-pyrrole nitrogens is 1. The summed E-state index contributed by atoms with van der Waals surface area (Å²) in [5.74, 6) is 1.36. The number of piperazine rings is 1. The summed E-state index contributed by atoms with van der Waals surface area (Å²) in [6.07, 6.45) is 5.29. The highest BCUT2D eigenvalue weighted by Crippen LogP contribution is 2.28. The third-order valence-corrected chi connectivity index (χ3v) is 7.86. The number of hydrogen-bond acceptors (Lipinski definition) is 7. The molecule has 2 aromatic heterocycles. The summed E-state index contributed by atoms with van der Waals surface area (Å²) in [5.41, 5.74) is 3.07. The van der Waals surface area contributed by atoms with Crippen LogP contribution in [0.1, 0.15) is 31.4 Å². The van der Waals surface area contributed by atoms with Gasteiger partial charge in [0.1, 0.15) is 36.2 Å². The molecule has 4 heterocycles. The molecular weight excluding hydrogens is 554 g/mol. The molecule has 1 atom stereocenters. The number of aryl methyl sites for hydroxylation is 1. The molecule has 224 valence electrons. The second-order valence-electron chi connectivity index (χ2n) is 10.8. The van der Waals surface area contributed by atoms with Crippen molar-refractivity contribution in [1.29, 1.82) is 0 Å². The molecule has 0 bridgehead atoms. The molecule has 2 aliphatic heterocycles. The fraction of sp³-hybridized carbons (Fsp3) is 0.375. The number of hydrogen-bond donors (Lipinski definition) is 1. The Bertz CT molecular complexity index is 1520. The Kier molecular flexibility index (Phi) is 8.88. The molecule has 0 aliphatic carbocycles. The predicted molar refractivity (Wildman–Crippen MR) is 158 cm³/mol. The Morgan fingerprint density at radius 2 is 1.70 bits per heavy atom. The minimum absolute atomic E-state index is 0.101. The normalized spacial score (nSPS) is 16.9. The quantitative estimate of drug-likeness (QED) is 0.277. The van der Waals surface area contributed by atoms with E-state index >= 15 is 0 Å². The van der Waals surface area contributed by atoms with E-state index in [1.54, 1.807) is 24.3 Å². The van der Waals surface area contributed by atoms with E-state index in [1.807, 2.05) is 11.0 Å². The average molecular weight is 589 g/mol. The predicted octanol–water partition coefficient (Wildman–Crippen LogP) is 5.04. The number of imidazole rings is 1. The van der Waals surface area contributed by atoms with Gasteiger partial charge in [-0.3, -0.25) is 4.79 Å². The van der Waals surface area contributed by atoms with E-state index in [1.165, 1.54) is 30.6 Å².